The van der Waals surface area contributed by atoms with Crippen LogP contribution in [0.1, 0.15) is 45.2 Å². The standard InChI is InChI=1S/C23H32N2O.C20H12.HI/c1-18(2)25(5,19(3)4)17-16-23(22(24)26,20-12-8-6-9-13-20)21-14-10-7-11-15-21;1-5-13-6-2-11-17-18-12-4-8-14-7-3-10-16(20(14)18)15(9-1)19(13)17;/h6-15,18-19H,16-17H2,1-5H3,(H-,24,26);1-12H;1H. The molecule has 0 aliphatic heterocycles. The first kappa shape index (κ1) is 34.3. The van der Waals surface area contributed by atoms with Crippen molar-refractivity contribution >= 4 is 49.0 Å². The molecule has 0 heterocycles. The van der Waals surface area contributed by atoms with Gasteiger partial charge >= 0.3 is 0 Å². The van der Waals surface area contributed by atoms with E-state index in [2.05, 4.69) is 108 Å². The van der Waals surface area contributed by atoms with Gasteiger partial charge in [-0.1, -0.05) is 133 Å². The van der Waals surface area contributed by atoms with Gasteiger partial charge in [0.05, 0.1) is 25.7 Å². The van der Waals surface area contributed by atoms with Crippen LogP contribution < -0.4 is 29.7 Å². The zero-order valence-corrected chi connectivity index (χ0v) is 30.2. The van der Waals surface area contributed by atoms with Gasteiger partial charge in [-0.25, -0.2) is 0 Å². The van der Waals surface area contributed by atoms with Crippen molar-refractivity contribution in [1.29, 1.82) is 0 Å². The molecule has 0 saturated heterocycles. The maximum Gasteiger partial charge on any atom is 0.232 e. The smallest absolute Gasteiger partial charge is 0.232 e. The van der Waals surface area contributed by atoms with Gasteiger partial charge in [0.15, 0.2) is 0 Å². The van der Waals surface area contributed by atoms with E-state index in [1.807, 2.05) is 60.7 Å². The van der Waals surface area contributed by atoms with E-state index < -0.39 is 5.41 Å². The van der Waals surface area contributed by atoms with Gasteiger partial charge in [0, 0.05) is 6.42 Å². The highest BCUT2D eigenvalue weighted by Gasteiger charge is 2.43. The number of carbonyl (C=O) groups excluding carboxylic acids is 1. The number of halogens is 1. The molecule has 47 heavy (non-hydrogen) atoms. The second-order valence-electron chi connectivity index (χ2n) is 13.4. The summed E-state index contributed by atoms with van der Waals surface area (Å²) in [5, 5.41) is 10.9. The third-order valence-corrected chi connectivity index (χ3v) is 10.7. The normalized spacial score (nSPS) is 12.1. The van der Waals surface area contributed by atoms with Gasteiger partial charge in [-0.2, -0.15) is 0 Å². The van der Waals surface area contributed by atoms with Crippen molar-refractivity contribution in [2.75, 3.05) is 13.6 Å². The van der Waals surface area contributed by atoms with E-state index in [9.17, 15) is 4.79 Å². The number of fused-ring (bicyclic) bond motifs is 2. The summed E-state index contributed by atoms with van der Waals surface area (Å²) in [7, 11) is 2.27. The third kappa shape index (κ3) is 6.10. The molecule has 3 nitrogen and oxygen atoms in total. The fourth-order valence-electron chi connectivity index (χ4n) is 7.41. The molecule has 0 spiro atoms. The van der Waals surface area contributed by atoms with Crippen LogP contribution in [0.4, 0.5) is 0 Å². The Morgan fingerprint density at radius 1 is 0.574 bits per heavy atom. The van der Waals surface area contributed by atoms with Crippen molar-refractivity contribution in [3.63, 3.8) is 0 Å². The number of nitrogens with zero attached hydrogens (tertiary/aromatic N) is 1. The van der Waals surface area contributed by atoms with E-state index in [4.69, 9.17) is 5.73 Å². The topological polar surface area (TPSA) is 43.1 Å². The molecule has 7 aromatic rings. The van der Waals surface area contributed by atoms with Gasteiger partial charge in [-0.05, 0) is 81.9 Å². The predicted octanol–water partition coefficient (Wildman–Crippen LogP) is 6.85. The molecule has 7 rings (SSSR count). The Kier molecular flexibility index (Phi) is 10.2. The van der Waals surface area contributed by atoms with Crippen molar-refractivity contribution in [2.24, 2.45) is 5.73 Å². The number of carbonyl (C=O) groups is 1. The van der Waals surface area contributed by atoms with Crippen LogP contribution >= 0.6 is 0 Å². The molecule has 2 N–H and O–H groups in total. The minimum absolute atomic E-state index is 0. The lowest BCUT2D eigenvalue weighted by Crippen LogP contribution is -3.00. The quantitative estimate of drug-likeness (QED) is 0.0791. The van der Waals surface area contributed by atoms with E-state index in [1.54, 1.807) is 0 Å². The first-order valence-electron chi connectivity index (χ1n) is 16.5. The molecule has 0 unspecified atom stereocenters. The summed E-state index contributed by atoms with van der Waals surface area (Å²) in [6, 6.07) is 47.3. The Labute approximate surface area is 296 Å². The van der Waals surface area contributed by atoms with Crippen LogP contribution in [0, 0.1) is 0 Å². The first-order chi connectivity index (χ1) is 22.2. The number of hydrogen-bond acceptors (Lipinski definition) is 1. The third-order valence-electron chi connectivity index (χ3n) is 10.7. The van der Waals surface area contributed by atoms with E-state index >= 15 is 0 Å². The average molecular weight is 733 g/mol. The Balaban J connectivity index is 0.000000185. The number of quaternary nitrogens is 1. The van der Waals surface area contributed by atoms with Gasteiger partial charge < -0.3 is 34.2 Å². The maximum atomic E-state index is 12.9. The lowest BCUT2D eigenvalue weighted by atomic mass is 9.71. The summed E-state index contributed by atoms with van der Waals surface area (Å²) in [5.74, 6) is -0.283. The minimum atomic E-state index is -0.814. The van der Waals surface area contributed by atoms with Crippen LogP contribution in [0.3, 0.4) is 0 Å². The van der Waals surface area contributed by atoms with Gasteiger partial charge in [0.2, 0.25) is 5.91 Å². The van der Waals surface area contributed by atoms with Crippen LogP contribution in [-0.2, 0) is 10.2 Å². The molecule has 0 aliphatic carbocycles. The zero-order chi connectivity index (χ0) is 32.5. The van der Waals surface area contributed by atoms with Gasteiger partial charge in [-0.15, -0.1) is 0 Å². The molecule has 0 radical (unpaired) electrons. The molecule has 0 bridgehead atoms. The number of amides is 1. The predicted molar refractivity (Wildman–Crippen MR) is 196 cm³/mol. The highest BCUT2D eigenvalue weighted by atomic mass is 127. The van der Waals surface area contributed by atoms with Crippen molar-refractivity contribution in [1.82, 2.24) is 0 Å². The summed E-state index contributed by atoms with van der Waals surface area (Å²) >= 11 is 0. The Morgan fingerprint density at radius 2 is 0.915 bits per heavy atom. The molecule has 0 atom stereocenters. The molecule has 7 aromatic carbocycles. The Bertz CT molecular complexity index is 1890. The van der Waals surface area contributed by atoms with Crippen LogP contribution in [0.2, 0.25) is 0 Å². The number of benzene rings is 7. The first-order valence-corrected chi connectivity index (χ1v) is 16.5. The maximum absolute atomic E-state index is 12.9. The monoisotopic (exact) mass is 732 g/mol. The highest BCUT2D eigenvalue weighted by Crippen LogP contribution is 2.40. The van der Waals surface area contributed by atoms with Gasteiger partial charge in [0.1, 0.15) is 5.41 Å². The SMILES string of the molecule is CC(C)[N+](C)(CCC(C(N)=O)(c1ccccc1)c1ccccc1)C(C)C.[I-].c1cc2cccc3c4cccc5cccc(c(c1)c23)c54. The Morgan fingerprint density at radius 3 is 1.21 bits per heavy atom. The van der Waals surface area contributed by atoms with Crippen molar-refractivity contribution < 1.29 is 33.3 Å². The van der Waals surface area contributed by atoms with E-state index in [1.165, 1.54) is 43.1 Å². The lowest BCUT2D eigenvalue weighted by Gasteiger charge is -2.45. The second-order valence-corrected chi connectivity index (χ2v) is 13.4. The summed E-state index contributed by atoms with van der Waals surface area (Å²) in [6.45, 7) is 9.87. The molecule has 240 valence electrons. The van der Waals surface area contributed by atoms with E-state index in [0.717, 1.165) is 22.2 Å². The highest BCUT2D eigenvalue weighted by molar-refractivity contribution is 6.32. The number of primary amides is 1. The molecule has 0 fully saturated rings. The fraction of sp³-hybridized carbons (Fsp3) is 0.233. The number of rotatable bonds is 8. The molecule has 0 aliphatic rings. The largest absolute Gasteiger partial charge is 1.00 e. The van der Waals surface area contributed by atoms with Crippen LogP contribution in [0.25, 0.3) is 43.1 Å². The van der Waals surface area contributed by atoms with Crippen molar-refractivity contribution in [3.8, 4) is 0 Å². The second kappa shape index (κ2) is 14.0. The Hall–Kier alpha value is -4.00. The summed E-state index contributed by atoms with van der Waals surface area (Å²) in [5.41, 5.74) is 7.20. The van der Waals surface area contributed by atoms with Gasteiger partial charge in [-0.3, -0.25) is 4.79 Å². The molecule has 1 amide bonds. The average Bonchev–Trinajstić information content (AvgIpc) is 3.08. The van der Waals surface area contributed by atoms with Crippen molar-refractivity contribution in [3.05, 3.63) is 145 Å². The minimum Gasteiger partial charge on any atom is -1.00 e. The van der Waals surface area contributed by atoms with E-state index in [0.29, 0.717) is 18.5 Å². The summed E-state index contributed by atoms with van der Waals surface area (Å²) in [4.78, 5) is 12.9. The lowest BCUT2D eigenvalue weighted by molar-refractivity contribution is -0.949. The van der Waals surface area contributed by atoms with Crippen LogP contribution in [0.5, 0.6) is 0 Å². The molecular formula is C43H45IN2O. The van der Waals surface area contributed by atoms with Crippen molar-refractivity contribution in [2.45, 2.75) is 51.6 Å². The number of hydrogen-bond donors (Lipinski definition) is 1. The molecule has 0 saturated carbocycles. The number of nitrogens with two attached hydrogens (primary N) is 1. The van der Waals surface area contributed by atoms with E-state index in [-0.39, 0.29) is 29.9 Å². The van der Waals surface area contributed by atoms with Crippen LogP contribution in [0.15, 0.2) is 133 Å². The molecular weight excluding hydrogens is 687 g/mol. The van der Waals surface area contributed by atoms with Gasteiger partial charge in [0.25, 0.3) is 0 Å². The summed E-state index contributed by atoms with van der Waals surface area (Å²) < 4.78 is 0.898. The fourth-order valence-corrected chi connectivity index (χ4v) is 7.41. The molecule has 4 heteroatoms. The molecule has 0 aromatic heterocycles. The van der Waals surface area contributed by atoms with Crippen LogP contribution in [-0.4, -0.2) is 36.1 Å². The zero-order valence-electron chi connectivity index (χ0n) is 28.1. The summed E-state index contributed by atoms with van der Waals surface area (Å²) in [6.07, 6.45) is 0.684.